The molecule has 0 amide bonds. The van der Waals surface area contributed by atoms with E-state index in [4.69, 9.17) is 11.6 Å². The lowest BCUT2D eigenvalue weighted by atomic mass is 10.0. The molecule has 0 N–H and O–H groups in total. The van der Waals surface area contributed by atoms with E-state index in [1.165, 1.54) is 18.2 Å². The average molecular weight is 294 g/mol. The monoisotopic (exact) mass is 293 g/mol. The zero-order chi connectivity index (χ0) is 14.7. The van der Waals surface area contributed by atoms with E-state index in [0.29, 0.717) is 12.0 Å². The van der Waals surface area contributed by atoms with E-state index in [0.717, 1.165) is 11.1 Å². The van der Waals surface area contributed by atoms with Crippen molar-refractivity contribution in [2.75, 3.05) is 0 Å². The van der Waals surface area contributed by atoms with E-state index in [-0.39, 0.29) is 11.5 Å². The Balaban J connectivity index is 2.16. The number of nitro benzene ring substituents is 1. The van der Waals surface area contributed by atoms with E-state index in [1.807, 2.05) is 6.92 Å². The number of nitrogens with zero attached hydrogens (tertiary/aromatic N) is 1. The Morgan fingerprint density at radius 1 is 1.25 bits per heavy atom. The largest absolute Gasteiger partial charge is 0.269 e. The SMILES string of the molecule is Cc1ccc(F)c(C(Cl)Cc2ccc([N+](=O)[O-])cc2)c1. The highest BCUT2D eigenvalue weighted by molar-refractivity contribution is 6.20. The van der Waals surface area contributed by atoms with Gasteiger partial charge in [-0.2, -0.15) is 0 Å². The van der Waals surface area contributed by atoms with Crippen LogP contribution in [0.4, 0.5) is 10.1 Å². The summed E-state index contributed by atoms with van der Waals surface area (Å²) in [5.41, 5.74) is 2.25. The molecule has 0 aromatic heterocycles. The van der Waals surface area contributed by atoms with Gasteiger partial charge in [-0.05, 0) is 25.0 Å². The van der Waals surface area contributed by atoms with E-state index in [2.05, 4.69) is 0 Å². The van der Waals surface area contributed by atoms with Gasteiger partial charge in [-0.3, -0.25) is 10.1 Å². The fourth-order valence-corrected chi connectivity index (χ4v) is 2.32. The predicted octanol–water partition coefficient (Wildman–Crippen LogP) is 4.56. The van der Waals surface area contributed by atoms with Crippen LogP contribution in [-0.4, -0.2) is 4.92 Å². The number of aryl methyl sites for hydroxylation is 1. The second kappa shape index (κ2) is 6.01. The molecule has 20 heavy (non-hydrogen) atoms. The third kappa shape index (κ3) is 3.33. The minimum absolute atomic E-state index is 0.0293. The third-order valence-electron chi connectivity index (χ3n) is 3.05. The summed E-state index contributed by atoms with van der Waals surface area (Å²) in [6, 6.07) is 10.9. The molecule has 0 aliphatic rings. The van der Waals surface area contributed by atoms with Crippen LogP contribution in [0.25, 0.3) is 0 Å². The Kier molecular flexibility index (Phi) is 4.35. The molecule has 1 unspecified atom stereocenters. The highest BCUT2D eigenvalue weighted by Gasteiger charge is 2.14. The molecule has 0 radical (unpaired) electrons. The van der Waals surface area contributed by atoms with Gasteiger partial charge in [-0.25, -0.2) is 4.39 Å². The first kappa shape index (κ1) is 14.5. The summed E-state index contributed by atoms with van der Waals surface area (Å²) in [7, 11) is 0. The lowest BCUT2D eigenvalue weighted by molar-refractivity contribution is -0.384. The molecule has 0 fully saturated rings. The van der Waals surface area contributed by atoms with Gasteiger partial charge in [0, 0.05) is 17.7 Å². The van der Waals surface area contributed by atoms with Crippen molar-refractivity contribution in [3.8, 4) is 0 Å². The minimum atomic E-state index is -0.503. The normalized spacial score (nSPS) is 12.2. The number of hydrogen-bond donors (Lipinski definition) is 0. The van der Waals surface area contributed by atoms with E-state index in [1.54, 1.807) is 24.3 Å². The molecule has 0 saturated carbocycles. The van der Waals surface area contributed by atoms with Gasteiger partial charge in [0.15, 0.2) is 0 Å². The minimum Gasteiger partial charge on any atom is -0.258 e. The lowest BCUT2D eigenvalue weighted by Gasteiger charge is -2.12. The van der Waals surface area contributed by atoms with Crippen LogP contribution >= 0.6 is 11.6 Å². The number of non-ortho nitro benzene ring substituents is 1. The molecular formula is C15H13ClFNO2. The number of nitro groups is 1. The Morgan fingerprint density at radius 3 is 2.50 bits per heavy atom. The van der Waals surface area contributed by atoms with Gasteiger partial charge in [0.05, 0.1) is 10.3 Å². The molecular weight excluding hydrogens is 281 g/mol. The van der Waals surface area contributed by atoms with Crippen molar-refractivity contribution in [3.05, 3.63) is 75.1 Å². The number of alkyl halides is 1. The first-order valence-corrected chi connectivity index (χ1v) is 6.54. The van der Waals surface area contributed by atoms with E-state index < -0.39 is 10.3 Å². The summed E-state index contributed by atoms with van der Waals surface area (Å²) in [5, 5.41) is 10.1. The Hall–Kier alpha value is -1.94. The number of rotatable bonds is 4. The van der Waals surface area contributed by atoms with Crippen LogP contribution < -0.4 is 0 Å². The second-order valence-electron chi connectivity index (χ2n) is 4.62. The molecule has 3 nitrogen and oxygen atoms in total. The smallest absolute Gasteiger partial charge is 0.258 e. The molecule has 1 atom stereocenters. The molecule has 104 valence electrons. The van der Waals surface area contributed by atoms with Crippen LogP contribution in [0.5, 0.6) is 0 Å². The quantitative estimate of drug-likeness (QED) is 0.471. The summed E-state index contributed by atoms with van der Waals surface area (Å²) in [4.78, 5) is 10.1. The van der Waals surface area contributed by atoms with Gasteiger partial charge >= 0.3 is 0 Å². The average Bonchev–Trinajstić information content (AvgIpc) is 2.42. The Labute approximate surface area is 121 Å². The molecule has 0 aliphatic heterocycles. The Morgan fingerprint density at radius 2 is 1.90 bits per heavy atom. The summed E-state index contributed by atoms with van der Waals surface area (Å²) >= 11 is 6.25. The standard InChI is InChI=1S/C15H13ClFNO2/c1-10-2-7-15(17)13(8-10)14(16)9-11-3-5-12(6-4-11)18(19)20/h2-8,14H,9H2,1H3. The number of hydrogen-bond acceptors (Lipinski definition) is 2. The molecule has 0 saturated heterocycles. The second-order valence-corrected chi connectivity index (χ2v) is 5.15. The highest BCUT2D eigenvalue weighted by atomic mass is 35.5. The van der Waals surface area contributed by atoms with Crippen LogP contribution in [0.15, 0.2) is 42.5 Å². The van der Waals surface area contributed by atoms with Crippen molar-refractivity contribution in [2.24, 2.45) is 0 Å². The zero-order valence-electron chi connectivity index (χ0n) is 10.8. The van der Waals surface area contributed by atoms with Gasteiger partial charge in [0.25, 0.3) is 5.69 Å². The van der Waals surface area contributed by atoms with Crippen LogP contribution in [0, 0.1) is 22.9 Å². The molecule has 0 heterocycles. The zero-order valence-corrected chi connectivity index (χ0v) is 11.6. The topological polar surface area (TPSA) is 43.1 Å². The molecule has 2 rings (SSSR count). The van der Waals surface area contributed by atoms with Crippen LogP contribution in [0.3, 0.4) is 0 Å². The maximum absolute atomic E-state index is 13.7. The van der Waals surface area contributed by atoms with Gasteiger partial charge in [0.2, 0.25) is 0 Å². The van der Waals surface area contributed by atoms with Crippen LogP contribution in [0.1, 0.15) is 22.1 Å². The molecule has 0 bridgehead atoms. The lowest BCUT2D eigenvalue weighted by Crippen LogP contribution is -2.00. The summed E-state index contributed by atoms with van der Waals surface area (Å²) < 4.78 is 13.7. The van der Waals surface area contributed by atoms with Crippen molar-refractivity contribution >= 4 is 17.3 Å². The van der Waals surface area contributed by atoms with Gasteiger partial charge in [-0.15, -0.1) is 11.6 Å². The molecule has 5 heteroatoms. The fourth-order valence-electron chi connectivity index (χ4n) is 1.97. The van der Waals surface area contributed by atoms with Crippen molar-refractivity contribution in [1.29, 1.82) is 0 Å². The fraction of sp³-hybridized carbons (Fsp3) is 0.200. The van der Waals surface area contributed by atoms with Crippen LogP contribution in [-0.2, 0) is 6.42 Å². The molecule has 2 aromatic rings. The first-order chi connectivity index (χ1) is 9.47. The third-order valence-corrected chi connectivity index (χ3v) is 3.44. The Bertz CT molecular complexity index is 628. The van der Waals surface area contributed by atoms with Crippen molar-refractivity contribution in [1.82, 2.24) is 0 Å². The summed E-state index contributed by atoms with van der Waals surface area (Å²) in [6.07, 6.45) is 0.417. The summed E-state index contributed by atoms with van der Waals surface area (Å²) in [6.45, 7) is 1.87. The van der Waals surface area contributed by atoms with E-state index >= 15 is 0 Å². The maximum Gasteiger partial charge on any atom is 0.269 e. The van der Waals surface area contributed by atoms with Gasteiger partial charge < -0.3 is 0 Å². The van der Waals surface area contributed by atoms with Crippen molar-refractivity contribution in [2.45, 2.75) is 18.7 Å². The molecule has 0 aliphatic carbocycles. The van der Waals surface area contributed by atoms with Crippen molar-refractivity contribution < 1.29 is 9.31 Å². The van der Waals surface area contributed by atoms with Crippen LogP contribution in [0.2, 0.25) is 0 Å². The van der Waals surface area contributed by atoms with E-state index in [9.17, 15) is 14.5 Å². The molecule has 0 spiro atoms. The summed E-state index contributed by atoms with van der Waals surface area (Å²) in [5.74, 6) is -0.336. The highest BCUT2D eigenvalue weighted by Crippen LogP contribution is 2.28. The number of halogens is 2. The van der Waals surface area contributed by atoms with Gasteiger partial charge in [0.1, 0.15) is 5.82 Å². The molecule has 2 aromatic carbocycles. The van der Waals surface area contributed by atoms with Crippen molar-refractivity contribution in [3.63, 3.8) is 0 Å². The first-order valence-electron chi connectivity index (χ1n) is 6.11. The maximum atomic E-state index is 13.7. The number of benzene rings is 2. The van der Waals surface area contributed by atoms with Gasteiger partial charge in [-0.1, -0.05) is 29.8 Å². The predicted molar refractivity (Wildman–Crippen MR) is 76.5 cm³/mol.